The molecule has 2 aliphatic rings. The first-order valence-electron chi connectivity index (χ1n) is 11.5. The van der Waals surface area contributed by atoms with Crippen LogP contribution in [0.2, 0.25) is 5.02 Å². The topological polar surface area (TPSA) is 67.4 Å². The van der Waals surface area contributed by atoms with E-state index in [0.717, 1.165) is 25.7 Å². The van der Waals surface area contributed by atoms with Crippen LogP contribution in [-0.2, 0) is 9.47 Å². The summed E-state index contributed by atoms with van der Waals surface area (Å²) in [6, 6.07) is 7.97. The smallest absolute Gasteiger partial charge is 0.152 e. The van der Waals surface area contributed by atoms with Gasteiger partial charge in [-0.25, -0.2) is 13.8 Å². The van der Waals surface area contributed by atoms with Gasteiger partial charge in [0.1, 0.15) is 11.6 Å². The second-order valence-electron chi connectivity index (χ2n) is 8.86. The van der Waals surface area contributed by atoms with Crippen molar-refractivity contribution in [2.24, 2.45) is 0 Å². The van der Waals surface area contributed by atoms with Gasteiger partial charge in [0.05, 0.1) is 28.8 Å². The Kier molecular flexibility index (Phi) is 6.54. The number of hydrogen-bond acceptors (Lipinski definition) is 4. The Morgan fingerprint density at radius 3 is 2.15 bits per heavy atom. The van der Waals surface area contributed by atoms with E-state index in [1.165, 1.54) is 6.07 Å². The van der Waals surface area contributed by atoms with Crippen LogP contribution in [0.3, 0.4) is 0 Å². The highest BCUT2D eigenvalue weighted by Gasteiger charge is 2.34. The number of aromatic nitrogens is 2. The molecule has 0 spiro atoms. The number of rotatable bonds is 5. The Balaban J connectivity index is 1.58. The van der Waals surface area contributed by atoms with E-state index in [0.29, 0.717) is 53.5 Å². The zero-order chi connectivity index (χ0) is 22.9. The molecule has 2 fully saturated rings. The van der Waals surface area contributed by atoms with Crippen molar-refractivity contribution in [3.05, 3.63) is 46.5 Å². The fourth-order valence-corrected chi connectivity index (χ4v) is 4.96. The molecule has 176 valence electrons. The Labute approximate surface area is 196 Å². The number of ether oxygens (including phenoxy) is 2. The molecule has 2 saturated heterocycles. The minimum Gasteiger partial charge on any atom is -0.507 e. The number of aromatic hydroxyl groups is 1. The van der Waals surface area contributed by atoms with Crippen LogP contribution in [0.15, 0.2) is 30.3 Å². The number of benzene rings is 2. The van der Waals surface area contributed by atoms with Gasteiger partial charge in [-0.15, -0.1) is 0 Å². The molecule has 33 heavy (non-hydrogen) atoms. The third-order valence-corrected chi connectivity index (χ3v) is 6.81. The number of H-pyrrole nitrogens is 1. The highest BCUT2D eigenvalue weighted by atomic mass is 35.5. The first-order chi connectivity index (χ1) is 16.0. The number of nitrogens with zero attached hydrogens (tertiary/aromatic N) is 1. The summed E-state index contributed by atoms with van der Waals surface area (Å²) in [5.74, 6) is 0.371. The van der Waals surface area contributed by atoms with Gasteiger partial charge in [-0.3, -0.25) is 0 Å². The maximum absolute atomic E-state index is 15.8. The lowest BCUT2D eigenvalue weighted by molar-refractivity contribution is -0.0406. The van der Waals surface area contributed by atoms with E-state index in [-0.39, 0.29) is 16.9 Å². The Morgan fingerprint density at radius 2 is 1.58 bits per heavy atom. The van der Waals surface area contributed by atoms with Crippen molar-refractivity contribution in [3.63, 3.8) is 0 Å². The predicted octanol–water partition coefficient (Wildman–Crippen LogP) is 6.75. The maximum Gasteiger partial charge on any atom is 0.152 e. The van der Waals surface area contributed by atoms with Crippen LogP contribution in [0.25, 0.3) is 22.4 Å². The van der Waals surface area contributed by atoms with Gasteiger partial charge in [-0.05, 0) is 80.0 Å². The molecule has 3 aromatic rings. The van der Waals surface area contributed by atoms with Crippen LogP contribution in [-0.4, -0.2) is 40.5 Å². The summed E-state index contributed by atoms with van der Waals surface area (Å²) >= 11 is 5.94. The molecular formula is C25H27ClF2N2O3. The normalized spacial score (nSPS) is 23.5. The zero-order valence-corrected chi connectivity index (χ0v) is 19.0. The lowest BCUT2D eigenvalue weighted by Crippen LogP contribution is -2.28. The van der Waals surface area contributed by atoms with Crippen LogP contribution in [0.1, 0.15) is 62.0 Å². The quantitative estimate of drug-likeness (QED) is 0.427. The van der Waals surface area contributed by atoms with E-state index < -0.39 is 24.6 Å². The van der Waals surface area contributed by atoms with E-state index in [9.17, 15) is 5.11 Å². The standard InChI is InChI=1S/C25H27ClF2N2O3/c26-14-7-8-15(20(31)11-14)25-29-18-12-16(23(27)21-5-1-3-9-32-21)17(13-19(18)30-25)24(28)22-6-2-4-10-33-22/h7-8,11-13,21-24,31H,1-6,9-10H2,(H,29,30). The molecule has 8 heteroatoms. The van der Waals surface area contributed by atoms with Gasteiger partial charge >= 0.3 is 0 Å². The van der Waals surface area contributed by atoms with Gasteiger partial charge in [0.25, 0.3) is 0 Å². The van der Waals surface area contributed by atoms with E-state index in [2.05, 4.69) is 9.97 Å². The molecule has 5 nitrogen and oxygen atoms in total. The fourth-order valence-electron chi connectivity index (χ4n) is 4.79. The Bertz CT molecular complexity index is 1070. The molecule has 2 aliphatic heterocycles. The van der Waals surface area contributed by atoms with Gasteiger partial charge in [-0.1, -0.05) is 11.6 Å². The average Bonchev–Trinajstić information content (AvgIpc) is 3.26. The van der Waals surface area contributed by atoms with E-state index >= 15 is 8.78 Å². The number of phenolic OH excluding ortho intramolecular Hbond substituents is 1. The molecule has 4 atom stereocenters. The molecule has 0 bridgehead atoms. The first kappa shape index (κ1) is 22.6. The summed E-state index contributed by atoms with van der Waals surface area (Å²) in [6.07, 6.45) is 0.661. The lowest BCUT2D eigenvalue weighted by atomic mass is 9.90. The monoisotopic (exact) mass is 476 g/mol. The number of nitrogens with one attached hydrogen (secondary N) is 1. The highest BCUT2D eigenvalue weighted by Crippen LogP contribution is 2.40. The summed E-state index contributed by atoms with van der Waals surface area (Å²) in [5.41, 5.74) is 2.04. The van der Waals surface area contributed by atoms with Crippen molar-refractivity contribution in [2.45, 2.75) is 63.1 Å². The van der Waals surface area contributed by atoms with Crippen molar-refractivity contribution in [1.82, 2.24) is 9.97 Å². The number of aromatic amines is 1. The summed E-state index contributed by atoms with van der Waals surface area (Å²) in [7, 11) is 0. The summed E-state index contributed by atoms with van der Waals surface area (Å²) in [4.78, 5) is 7.70. The SMILES string of the molecule is Oc1cc(Cl)ccc1-c1nc2cc(C(F)C3CCCCO3)c(C(F)C3CCCCO3)cc2[nH]1. The number of fused-ring (bicyclic) bond motifs is 1. The van der Waals surface area contributed by atoms with E-state index in [1.807, 2.05) is 0 Å². The third-order valence-electron chi connectivity index (χ3n) is 6.58. The molecule has 0 aliphatic carbocycles. The molecule has 1 aromatic heterocycles. The second-order valence-corrected chi connectivity index (χ2v) is 9.30. The van der Waals surface area contributed by atoms with Crippen molar-refractivity contribution in [3.8, 4) is 17.1 Å². The molecule has 0 amide bonds. The lowest BCUT2D eigenvalue weighted by Gasteiger charge is -2.30. The minimum absolute atomic E-state index is 0.0278. The number of halogens is 3. The van der Waals surface area contributed by atoms with Gasteiger partial charge in [0.15, 0.2) is 12.3 Å². The number of phenols is 1. The average molecular weight is 477 g/mol. The largest absolute Gasteiger partial charge is 0.507 e. The van der Waals surface area contributed by atoms with E-state index in [1.54, 1.807) is 24.3 Å². The van der Waals surface area contributed by atoms with Gasteiger partial charge in [0, 0.05) is 18.2 Å². The molecule has 2 N–H and O–H groups in total. The predicted molar refractivity (Wildman–Crippen MR) is 123 cm³/mol. The molecule has 2 aromatic carbocycles. The second kappa shape index (κ2) is 9.57. The van der Waals surface area contributed by atoms with Crippen molar-refractivity contribution in [2.75, 3.05) is 13.2 Å². The number of imidazole rings is 1. The molecule has 3 heterocycles. The zero-order valence-electron chi connectivity index (χ0n) is 18.2. The van der Waals surface area contributed by atoms with Crippen molar-refractivity contribution in [1.29, 1.82) is 0 Å². The molecule has 0 radical (unpaired) electrons. The van der Waals surface area contributed by atoms with Crippen molar-refractivity contribution < 1.29 is 23.4 Å². The van der Waals surface area contributed by atoms with E-state index in [4.69, 9.17) is 21.1 Å². The Hall–Kier alpha value is -2.22. The van der Waals surface area contributed by atoms with Crippen molar-refractivity contribution >= 4 is 22.6 Å². The molecule has 5 rings (SSSR count). The van der Waals surface area contributed by atoms with Gasteiger partial charge in [-0.2, -0.15) is 0 Å². The van der Waals surface area contributed by atoms with Crippen LogP contribution >= 0.6 is 11.6 Å². The summed E-state index contributed by atoms with van der Waals surface area (Å²) < 4.78 is 42.9. The molecular weight excluding hydrogens is 450 g/mol. The maximum atomic E-state index is 15.8. The minimum atomic E-state index is -1.46. The Morgan fingerprint density at radius 1 is 0.939 bits per heavy atom. The van der Waals surface area contributed by atoms with Crippen LogP contribution in [0.4, 0.5) is 8.78 Å². The van der Waals surface area contributed by atoms with Crippen LogP contribution in [0.5, 0.6) is 5.75 Å². The molecule has 4 unspecified atom stereocenters. The number of alkyl halides is 2. The van der Waals surface area contributed by atoms with Crippen LogP contribution in [0, 0.1) is 0 Å². The molecule has 0 saturated carbocycles. The summed E-state index contributed by atoms with van der Waals surface area (Å²) in [6.45, 7) is 1.02. The van der Waals surface area contributed by atoms with Crippen LogP contribution < -0.4 is 0 Å². The third kappa shape index (κ3) is 4.59. The van der Waals surface area contributed by atoms with Gasteiger partial charge < -0.3 is 19.6 Å². The fraction of sp³-hybridized carbons (Fsp3) is 0.480. The first-order valence-corrected chi connectivity index (χ1v) is 11.9. The highest BCUT2D eigenvalue weighted by molar-refractivity contribution is 6.30. The van der Waals surface area contributed by atoms with Gasteiger partial charge in [0.2, 0.25) is 0 Å². The number of hydrogen-bond donors (Lipinski definition) is 2. The summed E-state index contributed by atoms with van der Waals surface area (Å²) in [5, 5.41) is 10.7.